The maximum absolute atomic E-state index is 11.5. The monoisotopic (exact) mass is 184 g/mol. The zero-order chi connectivity index (χ0) is 9.19. The first kappa shape index (κ1) is 9.32. The van der Waals surface area contributed by atoms with Crippen molar-refractivity contribution in [3.8, 4) is 0 Å². The van der Waals surface area contributed by atoms with Crippen molar-refractivity contribution in [2.45, 2.75) is 27.2 Å². The molecule has 0 fully saturated rings. The summed E-state index contributed by atoms with van der Waals surface area (Å²) in [6.45, 7) is 5.74. The van der Waals surface area contributed by atoms with Crippen LogP contribution in [0, 0.1) is 5.41 Å². The van der Waals surface area contributed by atoms with Crippen molar-refractivity contribution in [3.63, 3.8) is 0 Å². The molecule has 3 nitrogen and oxygen atoms in total. The minimum atomic E-state index is -0.272. The molecule has 0 aromatic carbocycles. The van der Waals surface area contributed by atoms with E-state index in [0.717, 1.165) is 5.01 Å². The van der Waals surface area contributed by atoms with Crippen molar-refractivity contribution in [2.75, 3.05) is 0 Å². The molecule has 0 amide bonds. The summed E-state index contributed by atoms with van der Waals surface area (Å²) in [7, 11) is 0. The van der Waals surface area contributed by atoms with Crippen molar-refractivity contribution in [2.24, 2.45) is 5.41 Å². The van der Waals surface area contributed by atoms with Crippen LogP contribution in [0.2, 0.25) is 0 Å². The molecule has 0 unspecified atom stereocenters. The number of carbonyl (C=O) groups excluding carboxylic acids is 1. The van der Waals surface area contributed by atoms with E-state index >= 15 is 0 Å². The van der Waals surface area contributed by atoms with Gasteiger partial charge in [-0.3, -0.25) is 4.79 Å². The van der Waals surface area contributed by atoms with Crippen LogP contribution in [-0.2, 0) is 11.2 Å². The average molecular weight is 184 g/mol. The van der Waals surface area contributed by atoms with E-state index in [1.807, 2.05) is 20.8 Å². The summed E-state index contributed by atoms with van der Waals surface area (Å²) in [5, 5.41) is 0.801. The predicted octanol–water partition coefficient (Wildman–Crippen LogP) is 1.70. The molecular weight excluding hydrogens is 172 g/mol. The van der Waals surface area contributed by atoms with E-state index in [-0.39, 0.29) is 11.2 Å². The van der Waals surface area contributed by atoms with Crippen molar-refractivity contribution in [1.29, 1.82) is 0 Å². The van der Waals surface area contributed by atoms with Gasteiger partial charge in [0.1, 0.15) is 17.1 Å². The largest absolute Gasteiger partial charge is 0.299 e. The molecule has 0 N–H and O–H groups in total. The van der Waals surface area contributed by atoms with Crippen LogP contribution in [0.5, 0.6) is 0 Å². The molecule has 0 aliphatic heterocycles. The first-order valence-corrected chi connectivity index (χ1v) is 4.56. The molecule has 1 aromatic rings. The van der Waals surface area contributed by atoms with E-state index < -0.39 is 0 Å². The zero-order valence-electron chi connectivity index (χ0n) is 7.50. The second kappa shape index (κ2) is 3.31. The molecule has 0 saturated heterocycles. The maximum Gasteiger partial charge on any atom is 0.145 e. The van der Waals surface area contributed by atoms with Gasteiger partial charge in [-0.2, -0.15) is 4.37 Å². The number of hydrogen-bond acceptors (Lipinski definition) is 4. The summed E-state index contributed by atoms with van der Waals surface area (Å²) in [6.07, 6.45) is 1.89. The van der Waals surface area contributed by atoms with Crippen molar-refractivity contribution >= 4 is 17.3 Å². The highest BCUT2D eigenvalue weighted by atomic mass is 32.1. The highest BCUT2D eigenvalue weighted by Crippen LogP contribution is 2.17. The molecule has 0 spiro atoms. The van der Waals surface area contributed by atoms with Gasteiger partial charge in [0.25, 0.3) is 0 Å². The topological polar surface area (TPSA) is 42.9 Å². The van der Waals surface area contributed by atoms with Crippen LogP contribution in [0.4, 0.5) is 0 Å². The molecule has 4 heteroatoms. The molecular formula is C8H12N2OS. The number of rotatable bonds is 2. The highest BCUT2D eigenvalue weighted by Gasteiger charge is 2.21. The molecule has 1 aromatic heterocycles. The number of nitrogens with zero attached hydrogens (tertiary/aromatic N) is 2. The van der Waals surface area contributed by atoms with Crippen LogP contribution >= 0.6 is 11.5 Å². The van der Waals surface area contributed by atoms with E-state index in [2.05, 4.69) is 9.36 Å². The molecule has 0 aliphatic rings. The van der Waals surface area contributed by atoms with Crippen LogP contribution in [0.3, 0.4) is 0 Å². The lowest BCUT2D eigenvalue weighted by Gasteiger charge is -2.14. The summed E-state index contributed by atoms with van der Waals surface area (Å²) < 4.78 is 3.84. The van der Waals surface area contributed by atoms with E-state index in [0.29, 0.717) is 6.42 Å². The van der Waals surface area contributed by atoms with Gasteiger partial charge in [-0.25, -0.2) is 4.98 Å². The fourth-order valence-electron chi connectivity index (χ4n) is 0.676. The molecule has 1 heterocycles. The van der Waals surface area contributed by atoms with Gasteiger partial charge >= 0.3 is 0 Å². The second-order valence-corrected chi connectivity index (χ2v) is 4.55. The average Bonchev–Trinajstić information content (AvgIpc) is 2.37. The molecule has 66 valence electrons. The Labute approximate surface area is 76.0 Å². The first-order valence-electron chi connectivity index (χ1n) is 3.79. The Morgan fingerprint density at radius 3 is 2.67 bits per heavy atom. The molecule has 12 heavy (non-hydrogen) atoms. The minimum absolute atomic E-state index is 0.208. The van der Waals surface area contributed by atoms with Gasteiger partial charge in [-0.1, -0.05) is 20.8 Å². The van der Waals surface area contributed by atoms with Gasteiger partial charge in [0.2, 0.25) is 0 Å². The molecule has 0 atom stereocenters. The van der Waals surface area contributed by atoms with Gasteiger partial charge in [0.05, 0.1) is 6.42 Å². The molecule has 0 aliphatic carbocycles. The second-order valence-electron chi connectivity index (χ2n) is 3.68. The third-order valence-electron chi connectivity index (χ3n) is 1.56. The molecule has 0 saturated carbocycles. The lowest BCUT2D eigenvalue weighted by atomic mass is 9.89. The van der Waals surface area contributed by atoms with Gasteiger partial charge in [-0.15, -0.1) is 0 Å². The van der Waals surface area contributed by atoms with Gasteiger partial charge < -0.3 is 0 Å². The number of Topliss-reactive ketones (excluding diaryl/α,β-unsaturated/α-hetero) is 1. The summed E-state index contributed by atoms with van der Waals surface area (Å²) in [4.78, 5) is 15.4. The lowest BCUT2D eigenvalue weighted by molar-refractivity contribution is -0.125. The summed E-state index contributed by atoms with van der Waals surface area (Å²) in [6, 6.07) is 0. The Morgan fingerprint density at radius 2 is 2.25 bits per heavy atom. The van der Waals surface area contributed by atoms with Gasteiger partial charge in [0.15, 0.2) is 0 Å². The minimum Gasteiger partial charge on any atom is -0.299 e. The summed E-state index contributed by atoms with van der Waals surface area (Å²) in [5.41, 5.74) is -0.272. The van der Waals surface area contributed by atoms with Crippen LogP contribution in [-0.4, -0.2) is 15.1 Å². The maximum atomic E-state index is 11.5. The number of aromatic nitrogens is 2. The first-order chi connectivity index (χ1) is 5.50. The summed E-state index contributed by atoms with van der Waals surface area (Å²) >= 11 is 1.29. The third-order valence-corrected chi connectivity index (χ3v) is 2.22. The van der Waals surface area contributed by atoms with Crippen molar-refractivity contribution < 1.29 is 4.79 Å². The van der Waals surface area contributed by atoms with E-state index in [4.69, 9.17) is 0 Å². The Hall–Kier alpha value is -0.770. The van der Waals surface area contributed by atoms with Crippen LogP contribution in [0.25, 0.3) is 0 Å². The smallest absolute Gasteiger partial charge is 0.145 e. The number of ketones is 1. The SMILES string of the molecule is CC(C)(C)C(=O)Cc1ncns1. The molecule has 0 radical (unpaired) electrons. The fraction of sp³-hybridized carbons (Fsp3) is 0.625. The standard InChI is InChI=1S/C8H12N2OS/c1-8(2,3)6(11)4-7-9-5-10-12-7/h5H,4H2,1-3H3. The predicted molar refractivity (Wildman–Crippen MR) is 48.1 cm³/mol. The van der Waals surface area contributed by atoms with E-state index in [1.54, 1.807) is 0 Å². The van der Waals surface area contributed by atoms with E-state index in [1.165, 1.54) is 17.9 Å². The Morgan fingerprint density at radius 1 is 1.58 bits per heavy atom. The number of hydrogen-bond donors (Lipinski definition) is 0. The van der Waals surface area contributed by atoms with Crippen LogP contribution in [0.1, 0.15) is 25.8 Å². The number of carbonyl (C=O) groups is 1. The van der Waals surface area contributed by atoms with Crippen LogP contribution < -0.4 is 0 Å². The van der Waals surface area contributed by atoms with Crippen LogP contribution in [0.15, 0.2) is 6.33 Å². The fourth-order valence-corrected chi connectivity index (χ4v) is 1.18. The van der Waals surface area contributed by atoms with Crippen molar-refractivity contribution in [3.05, 3.63) is 11.3 Å². The summed E-state index contributed by atoms with van der Waals surface area (Å²) in [5.74, 6) is 0.208. The van der Waals surface area contributed by atoms with Crippen molar-refractivity contribution in [1.82, 2.24) is 9.36 Å². The quantitative estimate of drug-likeness (QED) is 0.702. The van der Waals surface area contributed by atoms with Gasteiger partial charge in [-0.05, 0) is 11.5 Å². The Balaban J connectivity index is 2.60. The Kier molecular flexibility index (Phi) is 2.57. The lowest BCUT2D eigenvalue weighted by Crippen LogP contribution is -2.21. The Bertz CT molecular complexity index is 261. The highest BCUT2D eigenvalue weighted by molar-refractivity contribution is 7.05. The molecule has 1 rings (SSSR count). The van der Waals surface area contributed by atoms with E-state index in [9.17, 15) is 4.79 Å². The zero-order valence-corrected chi connectivity index (χ0v) is 8.31. The van der Waals surface area contributed by atoms with Gasteiger partial charge in [0, 0.05) is 5.41 Å². The third kappa shape index (κ3) is 2.37. The normalized spacial score (nSPS) is 11.6. The molecule has 0 bridgehead atoms.